The van der Waals surface area contributed by atoms with Crippen LogP contribution in [0.3, 0.4) is 0 Å². The summed E-state index contributed by atoms with van der Waals surface area (Å²) in [6.45, 7) is 3.55. The van der Waals surface area contributed by atoms with Crippen LogP contribution in [0.1, 0.15) is 25.7 Å². The second kappa shape index (κ2) is 2.24. The summed E-state index contributed by atoms with van der Waals surface area (Å²) in [5, 5.41) is 0. The van der Waals surface area contributed by atoms with Gasteiger partial charge in [0.15, 0.2) is 0 Å². The third-order valence-corrected chi connectivity index (χ3v) is 4.24. The van der Waals surface area contributed by atoms with E-state index in [0.29, 0.717) is 0 Å². The maximum Gasteiger partial charge on any atom is 0.0230 e. The number of nitrogens with zero attached hydrogens (tertiary/aromatic N) is 1. The molecule has 0 aromatic heterocycles. The van der Waals surface area contributed by atoms with Crippen molar-refractivity contribution in [1.29, 1.82) is 0 Å². The van der Waals surface area contributed by atoms with E-state index in [1.54, 1.807) is 0 Å². The summed E-state index contributed by atoms with van der Waals surface area (Å²) < 4.78 is 0. The van der Waals surface area contributed by atoms with E-state index >= 15 is 0 Å². The average Bonchev–Trinajstić information content (AvgIpc) is 2.89. The van der Waals surface area contributed by atoms with Gasteiger partial charge in [0.1, 0.15) is 0 Å². The molecule has 1 spiro atoms. The van der Waals surface area contributed by atoms with E-state index in [2.05, 4.69) is 4.90 Å². The molecule has 1 aliphatic heterocycles. The highest BCUT2D eigenvalue weighted by atomic mass is 15.2. The molecule has 2 saturated carbocycles. The van der Waals surface area contributed by atoms with Gasteiger partial charge in [-0.3, -0.25) is 4.90 Å². The summed E-state index contributed by atoms with van der Waals surface area (Å²) in [7, 11) is 0. The van der Waals surface area contributed by atoms with Gasteiger partial charge in [-0.05, 0) is 37.0 Å². The zero-order valence-electron chi connectivity index (χ0n) is 7.63. The normalized spacial score (nSPS) is 42.8. The Kier molecular flexibility index (Phi) is 1.37. The minimum absolute atomic E-state index is 0.737. The van der Waals surface area contributed by atoms with E-state index in [9.17, 15) is 0 Å². The maximum atomic E-state index is 5.66. The van der Waals surface area contributed by atoms with Crippen molar-refractivity contribution in [3.63, 3.8) is 0 Å². The van der Waals surface area contributed by atoms with Crippen LogP contribution in [-0.2, 0) is 0 Å². The van der Waals surface area contributed by atoms with Crippen molar-refractivity contribution in [2.24, 2.45) is 17.1 Å². The fourth-order valence-electron chi connectivity index (χ4n) is 2.75. The molecule has 1 heterocycles. The molecule has 3 fully saturated rings. The number of hydrogen-bond acceptors (Lipinski definition) is 2. The van der Waals surface area contributed by atoms with Gasteiger partial charge in [0.25, 0.3) is 0 Å². The Hall–Kier alpha value is -0.0800. The average molecular weight is 166 g/mol. The van der Waals surface area contributed by atoms with E-state index in [0.717, 1.165) is 23.9 Å². The molecule has 12 heavy (non-hydrogen) atoms. The van der Waals surface area contributed by atoms with Crippen molar-refractivity contribution < 1.29 is 0 Å². The summed E-state index contributed by atoms with van der Waals surface area (Å²) in [6.07, 6.45) is 5.93. The van der Waals surface area contributed by atoms with Gasteiger partial charge in [0.05, 0.1) is 0 Å². The summed E-state index contributed by atoms with van der Waals surface area (Å²) >= 11 is 0. The van der Waals surface area contributed by atoms with Crippen LogP contribution in [0.25, 0.3) is 0 Å². The Bertz CT molecular complexity index is 196. The minimum Gasteiger partial charge on any atom is -0.329 e. The highest BCUT2D eigenvalue weighted by Crippen LogP contribution is 2.70. The van der Waals surface area contributed by atoms with Gasteiger partial charge in [0, 0.05) is 25.7 Å². The van der Waals surface area contributed by atoms with Gasteiger partial charge in [-0.2, -0.15) is 0 Å². The standard InChI is InChI=1S/C10H18N2/c11-6-9-1-4-12(9)7-8-5-10(8)2-3-10/h8-9H,1-7,11H2. The molecule has 2 nitrogen and oxygen atoms in total. The quantitative estimate of drug-likeness (QED) is 0.672. The third kappa shape index (κ3) is 0.944. The molecule has 1 saturated heterocycles. The molecule has 3 aliphatic rings. The van der Waals surface area contributed by atoms with Gasteiger partial charge < -0.3 is 5.73 Å². The Balaban J connectivity index is 1.50. The predicted octanol–water partition coefficient (Wildman–Crippen LogP) is 0.819. The van der Waals surface area contributed by atoms with Crippen LogP contribution in [0.4, 0.5) is 0 Å². The maximum absolute atomic E-state index is 5.66. The summed E-state index contributed by atoms with van der Waals surface area (Å²) in [4.78, 5) is 2.59. The molecule has 2 aliphatic carbocycles. The molecular formula is C10H18N2. The topological polar surface area (TPSA) is 29.3 Å². The SMILES string of the molecule is NCC1CCN1CC1CC12CC2. The van der Waals surface area contributed by atoms with E-state index in [4.69, 9.17) is 5.73 Å². The van der Waals surface area contributed by atoms with Crippen molar-refractivity contribution >= 4 is 0 Å². The summed E-state index contributed by atoms with van der Waals surface area (Å²) in [5.74, 6) is 1.06. The molecule has 2 atom stereocenters. The first-order valence-electron chi connectivity index (χ1n) is 5.28. The largest absolute Gasteiger partial charge is 0.329 e. The van der Waals surface area contributed by atoms with Crippen molar-refractivity contribution in [2.75, 3.05) is 19.6 Å². The smallest absolute Gasteiger partial charge is 0.0230 e. The van der Waals surface area contributed by atoms with Crippen LogP contribution in [0.5, 0.6) is 0 Å². The summed E-state index contributed by atoms with van der Waals surface area (Å²) in [6, 6.07) is 0.737. The molecule has 0 radical (unpaired) electrons. The number of hydrogen-bond donors (Lipinski definition) is 1. The zero-order valence-corrected chi connectivity index (χ0v) is 7.63. The third-order valence-electron chi connectivity index (χ3n) is 4.24. The zero-order chi connectivity index (χ0) is 8.18. The highest BCUT2D eigenvalue weighted by Gasteiger charge is 2.62. The van der Waals surface area contributed by atoms with Crippen LogP contribution in [-0.4, -0.2) is 30.6 Å². The Morgan fingerprint density at radius 3 is 2.67 bits per heavy atom. The lowest BCUT2D eigenvalue weighted by Gasteiger charge is -2.40. The first-order valence-corrected chi connectivity index (χ1v) is 5.28. The fraction of sp³-hybridized carbons (Fsp3) is 1.00. The number of nitrogens with two attached hydrogens (primary N) is 1. The molecule has 0 amide bonds. The second-order valence-electron chi connectivity index (χ2n) is 4.94. The van der Waals surface area contributed by atoms with Gasteiger partial charge in [-0.25, -0.2) is 0 Å². The van der Waals surface area contributed by atoms with Crippen molar-refractivity contribution in [3.05, 3.63) is 0 Å². The lowest BCUT2D eigenvalue weighted by molar-refractivity contribution is 0.0886. The summed E-state index contributed by atoms with van der Waals surface area (Å²) in [5.41, 5.74) is 6.55. The molecule has 0 aromatic carbocycles. The van der Waals surface area contributed by atoms with E-state index in [1.165, 1.54) is 38.8 Å². The van der Waals surface area contributed by atoms with Gasteiger partial charge >= 0.3 is 0 Å². The Labute approximate surface area is 74.1 Å². The first-order chi connectivity index (χ1) is 5.84. The van der Waals surface area contributed by atoms with E-state index in [1.807, 2.05) is 0 Å². The lowest BCUT2D eigenvalue weighted by atomic mass is 10.0. The number of likely N-dealkylation sites (tertiary alicyclic amines) is 1. The Morgan fingerprint density at radius 1 is 1.42 bits per heavy atom. The van der Waals surface area contributed by atoms with Gasteiger partial charge in [-0.1, -0.05) is 0 Å². The highest BCUT2D eigenvalue weighted by molar-refractivity contribution is 5.13. The van der Waals surface area contributed by atoms with Crippen LogP contribution >= 0.6 is 0 Å². The van der Waals surface area contributed by atoms with Crippen LogP contribution in [0, 0.1) is 11.3 Å². The lowest BCUT2D eigenvalue weighted by Crippen LogP contribution is -2.52. The molecule has 2 unspecified atom stereocenters. The van der Waals surface area contributed by atoms with Gasteiger partial charge in [-0.15, -0.1) is 0 Å². The molecular weight excluding hydrogens is 148 g/mol. The molecule has 2 heteroatoms. The fourth-order valence-corrected chi connectivity index (χ4v) is 2.75. The molecule has 0 aromatic rings. The second-order valence-corrected chi connectivity index (χ2v) is 4.94. The van der Waals surface area contributed by atoms with Crippen molar-refractivity contribution in [3.8, 4) is 0 Å². The van der Waals surface area contributed by atoms with Crippen LogP contribution in [0.15, 0.2) is 0 Å². The molecule has 0 bridgehead atoms. The Morgan fingerprint density at radius 2 is 2.25 bits per heavy atom. The molecule has 68 valence electrons. The first kappa shape index (κ1) is 7.34. The van der Waals surface area contributed by atoms with E-state index in [-0.39, 0.29) is 0 Å². The molecule has 2 N–H and O–H groups in total. The van der Waals surface area contributed by atoms with Crippen molar-refractivity contribution in [1.82, 2.24) is 4.90 Å². The van der Waals surface area contributed by atoms with E-state index < -0.39 is 0 Å². The van der Waals surface area contributed by atoms with Gasteiger partial charge in [0.2, 0.25) is 0 Å². The predicted molar refractivity (Wildman–Crippen MR) is 48.8 cm³/mol. The van der Waals surface area contributed by atoms with Crippen LogP contribution < -0.4 is 5.73 Å². The van der Waals surface area contributed by atoms with Crippen molar-refractivity contribution in [2.45, 2.75) is 31.7 Å². The number of rotatable bonds is 3. The van der Waals surface area contributed by atoms with Crippen LogP contribution in [0.2, 0.25) is 0 Å². The molecule has 3 rings (SSSR count). The monoisotopic (exact) mass is 166 g/mol. The minimum atomic E-state index is 0.737.